The van der Waals surface area contributed by atoms with Crippen molar-refractivity contribution in [2.24, 2.45) is 0 Å². The summed E-state index contributed by atoms with van der Waals surface area (Å²) in [6.45, 7) is 0. The maximum atomic E-state index is 12.1. The number of aromatic nitrogens is 4. The lowest BCUT2D eigenvalue weighted by atomic mass is 10.2. The van der Waals surface area contributed by atoms with Crippen LogP contribution in [0.5, 0.6) is 0 Å². The van der Waals surface area contributed by atoms with E-state index >= 15 is 0 Å². The quantitative estimate of drug-likeness (QED) is 0.615. The third-order valence-corrected chi connectivity index (χ3v) is 3.36. The van der Waals surface area contributed by atoms with Crippen LogP contribution in [0.2, 0.25) is 0 Å². The van der Waals surface area contributed by atoms with Gasteiger partial charge in [0.1, 0.15) is 0 Å². The van der Waals surface area contributed by atoms with Gasteiger partial charge in [0.05, 0.1) is 11.1 Å². The molecule has 0 atom stereocenters. The first-order valence-electron chi connectivity index (χ1n) is 6.77. The third-order valence-electron chi connectivity index (χ3n) is 3.36. The zero-order chi connectivity index (χ0) is 14.9. The summed E-state index contributed by atoms with van der Waals surface area (Å²) < 4.78 is 1.72. The van der Waals surface area contributed by atoms with Gasteiger partial charge < -0.3 is 0 Å². The third kappa shape index (κ3) is 2.07. The lowest BCUT2D eigenvalue weighted by Gasteiger charge is -1.99. The summed E-state index contributed by atoms with van der Waals surface area (Å²) in [5, 5.41) is 8.11. The predicted molar refractivity (Wildman–Crippen MR) is 82.7 cm³/mol. The van der Waals surface area contributed by atoms with Crippen molar-refractivity contribution in [1.29, 1.82) is 0 Å². The largest absolute Gasteiger partial charge is 0.289 e. The summed E-state index contributed by atoms with van der Waals surface area (Å²) >= 11 is 0. The monoisotopic (exact) mass is 289 g/mol. The number of hydrogen-bond acceptors (Lipinski definition) is 4. The second kappa shape index (κ2) is 4.92. The average molecular weight is 289 g/mol. The number of hydrogen-bond donors (Lipinski definition) is 1. The molecular formula is C16H11N5O. The highest BCUT2D eigenvalue weighted by Gasteiger charge is 2.11. The van der Waals surface area contributed by atoms with Crippen molar-refractivity contribution in [3.8, 4) is 0 Å². The Labute approximate surface area is 125 Å². The Morgan fingerprint density at radius 3 is 2.82 bits per heavy atom. The number of nitrogens with zero attached hydrogens (tertiary/aromatic N) is 4. The molecule has 6 nitrogen and oxygen atoms in total. The van der Waals surface area contributed by atoms with Crippen LogP contribution >= 0.6 is 0 Å². The highest BCUT2D eigenvalue weighted by atomic mass is 16.1. The van der Waals surface area contributed by atoms with E-state index in [1.165, 1.54) is 6.20 Å². The summed E-state index contributed by atoms with van der Waals surface area (Å²) in [5.74, 6) is -0.0153. The molecule has 6 heteroatoms. The first-order chi connectivity index (χ1) is 10.8. The van der Waals surface area contributed by atoms with E-state index in [-0.39, 0.29) is 11.9 Å². The molecule has 0 saturated carbocycles. The number of benzene rings is 1. The van der Waals surface area contributed by atoms with Crippen molar-refractivity contribution < 1.29 is 4.79 Å². The number of rotatable bonds is 2. The van der Waals surface area contributed by atoms with Crippen LogP contribution in [-0.4, -0.2) is 25.5 Å². The van der Waals surface area contributed by atoms with Crippen LogP contribution in [0.3, 0.4) is 0 Å². The fraction of sp³-hybridized carbons (Fsp3) is 0. The zero-order valence-electron chi connectivity index (χ0n) is 11.5. The molecule has 0 radical (unpaired) electrons. The molecule has 3 aromatic heterocycles. The lowest BCUT2D eigenvalue weighted by Crippen LogP contribution is -2.13. The van der Waals surface area contributed by atoms with E-state index in [1.54, 1.807) is 22.8 Å². The van der Waals surface area contributed by atoms with E-state index in [9.17, 15) is 4.79 Å². The van der Waals surface area contributed by atoms with E-state index in [0.29, 0.717) is 11.2 Å². The van der Waals surface area contributed by atoms with Crippen LogP contribution in [0, 0.1) is 0 Å². The molecule has 0 aliphatic rings. The second-order valence-electron chi connectivity index (χ2n) is 4.79. The first kappa shape index (κ1) is 12.5. The molecule has 0 unspecified atom stereocenters. The predicted octanol–water partition coefficient (Wildman–Crippen LogP) is 2.53. The van der Waals surface area contributed by atoms with Crippen LogP contribution in [0.15, 0.2) is 60.9 Å². The smallest absolute Gasteiger partial charge is 0.259 e. The number of carbonyl (C=O) groups excluding carboxylic acids is 1. The summed E-state index contributed by atoms with van der Waals surface area (Å²) in [7, 11) is 0. The minimum atomic E-state index is -0.284. The number of carbonyl (C=O) groups is 1. The fourth-order valence-electron chi connectivity index (χ4n) is 2.32. The van der Waals surface area contributed by atoms with E-state index in [1.807, 2.05) is 36.4 Å². The van der Waals surface area contributed by atoms with Crippen molar-refractivity contribution in [3.05, 3.63) is 66.5 Å². The molecule has 0 saturated heterocycles. The Morgan fingerprint density at radius 2 is 1.95 bits per heavy atom. The van der Waals surface area contributed by atoms with Gasteiger partial charge in [-0.05, 0) is 30.3 Å². The lowest BCUT2D eigenvalue weighted by molar-refractivity contribution is 0.102. The molecule has 3 heterocycles. The Hall–Kier alpha value is -3.28. The number of para-hydroxylation sites is 1. The standard InChI is InChI=1S/C16H11N5O/c22-15(12-5-3-9-17-10-12)19-16-18-14-8-7-11-4-1-2-6-13(11)21(14)20-16/h1-10H,(H,19,20,22). The van der Waals surface area contributed by atoms with Crippen LogP contribution in [0.25, 0.3) is 16.6 Å². The first-order valence-corrected chi connectivity index (χ1v) is 6.77. The van der Waals surface area contributed by atoms with Crippen molar-refractivity contribution in [1.82, 2.24) is 19.6 Å². The molecule has 0 aliphatic heterocycles. The number of pyridine rings is 2. The molecule has 4 aromatic rings. The van der Waals surface area contributed by atoms with Crippen molar-refractivity contribution in [3.63, 3.8) is 0 Å². The number of anilines is 1. The Balaban J connectivity index is 1.74. The van der Waals surface area contributed by atoms with Crippen LogP contribution in [-0.2, 0) is 0 Å². The highest BCUT2D eigenvalue weighted by Crippen LogP contribution is 2.16. The minimum Gasteiger partial charge on any atom is -0.289 e. The molecule has 1 N–H and O–H groups in total. The van der Waals surface area contributed by atoms with Gasteiger partial charge in [-0.3, -0.25) is 15.1 Å². The molecule has 0 spiro atoms. The van der Waals surface area contributed by atoms with Gasteiger partial charge in [-0.2, -0.15) is 4.98 Å². The summed E-state index contributed by atoms with van der Waals surface area (Å²) in [6.07, 6.45) is 3.12. The zero-order valence-corrected chi connectivity index (χ0v) is 11.5. The van der Waals surface area contributed by atoms with Crippen LogP contribution in [0.4, 0.5) is 5.95 Å². The molecule has 4 rings (SSSR count). The fourth-order valence-corrected chi connectivity index (χ4v) is 2.32. The number of amides is 1. The SMILES string of the molecule is O=C(Nc1nc2ccc3ccccc3n2n1)c1cccnc1. The molecule has 106 valence electrons. The van der Waals surface area contributed by atoms with Gasteiger partial charge in [-0.25, -0.2) is 4.52 Å². The maximum Gasteiger partial charge on any atom is 0.259 e. The van der Waals surface area contributed by atoms with Crippen LogP contribution < -0.4 is 5.32 Å². The van der Waals surface area contributed by atoms with E-state index < -0.39 is 0 Å². The van der Waals surface area contributed by atoms with Gasteiger partial charge in [-0.1, -0.05) is 18.2 Å². The van der Waals surface area contributed by atoms with Crippen molar-refractivity contribution >= 4 is 28.4 Å². The van der Waals surface area contributed by atoms with Gasteiger partial charge in [0.15, 0.2) is 5.65 Å². The number of fused-ring (bicyclic) bond motifs is 3. The van der Waals surface area contributed by atoms with Crippen molar-refractivity contribution in [2.45, 2.75) is 0 Å². The Kier molecular flexibility index (Phi) is 2.79. The molecule has 0 fully saturated rings. The van der Waals surface area contributed by atoms with E-state index in [0.717, 1.165) is 10.9 Å². The summed E-state index contributed by atoms with van der Waals surface area (Å²) in [6, 6.07) is 15.1. The van der Waals surface area contributed by atoms with Gasteiger partial charge in [0.25, 0.3) is 5.91 Å². The van der Waals surface area contributed by atoms with Crippen molar-refractivity contribution in [2.75, 3.05) is 5.32 Å². The normalized spacial score (nSPS) is 10.9. The summed E-state index contributed by atoms with van der Waals surface area (Å²) in [5.41, 5.74) is 2.08. The summed E-state index contributed by atoms with van der Waals surface area (Å²) in [4.78, 5) is 20.4. The molecule has 1 aromatic carbocycles. The van der Waals surface area contributed by atoms with E-state index in [4.69, 9.17) is 0 Å². The molecule has 0 aliphatic carbocycles. The average Bonchev–Trinajstić information content (AvgIpc) is 2.98. The minimum absolute atomic E-state index is 0.269. The maximum absolute atomic E-state index is 12.1. The second-order valence-corrected chi connectivity index (χ2v) is 4.79. The molecule has 1 amide bonds. The highest BCUT2D eigenvalue weighted by molar-refractivity contribution is 6.03. The topological polar surface area (TPSA) is 72.2 Å². The molecular weight excluding hydrogens is 278 g/mol. The van der Waals surface area contributed by atoms with E-state index in [2.05, 4.69) is 20.4 Å². The van der Waals surface area contributed by atoms with Gasteiger partial charge in [0, 0.05) is 17.8 Å². The Morgan fingerprint density at radius 1 is 1.05 bits per heavy atom. The Bertz CT molecular complexity index is 978. The van der Waals surface area contributed by atoms with Gasteiger partial charge in [0.2, 0.25) is 5.95 Å². The van der Waals surface area contributed by atoms with Gasteiger partial charge >= 0.3 is 0 Å². The van der Waals surface area contributed by atoms with Gasteiger partial charge in [-0.15, -0.1) is 5.10 Å². The number of nitrogens with one attached hydrogen (secondary N) is 1. The van der Waals surface area contributed by atoms with Crippen LogP contribution in [0.1, 0.15) is 10.4 Å². The molecule has 22 heavy (non-hydrogen) atoms. The molecule has 0 bridgehead atoms.